The highest BCUT2D eigenvalue weighted by molar-refractivity contribution is 7.13. The zero-order valence-corrected chi connectivity index (χ0v) is 12.6. The fraction of sp³-hybridized carbons (Fsp3) is 0.714. The molecule has 1 aliphatic rings. The molecule has 0 aromatic carbocycles. The van der Waals surface area contributed by atoms with E-state index in [0.29, 0.717) is 11.2 Å². The SMILES string of the molecule is CC(=O)Nc1nc(CNC(C)C2CCCCC2)cs1. The van der Waals surface area contributed by atoms with Crippen molar-refractivity contribution in [3.63, 3.8) is 0 Å². The highest BCUT2D eigenvalue weighted by Gasteiger charge is 2.19. The number of thiazole rings is 1. The van der Waals surface area contributed by atoms with Crippen LogP contribution in [0, 0.1) is 5.92 Å². The number of anilines is 1. The van der Waals surface area contributed by atoms with Gasteiger partial charge in [-0.3, -0.25) is 4.79 Å². The van der Waals surface area contributed by atoms with Gasteiger partial charge in [0.15, 0.2) is 5.13 Å². The maximum absolute atomic E-state index is 10.9. The average Bonchev–Trinajstić information content (AvgIpc) is 2.84. The predicted molar refractivity (Wildman–Crippen MR) is 79.3 cm³/mol. The third-order valence-electron chi connectivity index (χ3n) is 3.80. The molecule has 2 N–H and O–H groups in total. The number of nitrogens with zero attached hydrogens (tertiary/aromatic N) is 1. The summed E-state index contributed by atoms with van der Waals surface area (Å²) < 4.78 is 0. The molecule has 0 aliphatic heterocycles. The molecular formula is C14H23N3OS. The number of carbonyl (C=O) groups is 1. The Bertz CT molecular complexity index is 413. The van der Waals surface area contributed by atoms with E-state index in [1.54, 1.807) is 0 Å². The van der Waals surface area contributed by atoms with Crippen molar-refractivity contribution in [2.45, 2.75) is 58.5 Å². The smallest absolute Gasteiger partial charge is 0.223 e. The Morgan fingerprint density at radius 1 is 1.47 bits per heavy atom. The molecule has 0 bridgehead atoms. The van der Waals surface area contributed by atoms with Gasteiger partial charge < -0.3 is 10.6 Å². The second-order valence-electron chi connectivity index (χ2n) is 5.39. The van der Waals surface area contributed by atoms with Crippen molar-refractivity contribution in [3.8, 4) is 0 Å². The van der Waals surface area contributed by atoms with Crippen LogP contribution >= 0.6 is 11.3 Å². The van der Waals surface area contributed by atoms with Crippen LogP contribution in [0.25, 0.3) is 0 Å². The first-order valence-corrected chi connectivity index (χ1v) is 7.98. The van der Waals surface area contributed by atoms with Crippen molar-refractivity contribution in [1.29, 1.82) is 0 Å². The summed E-state index contributed by atoms with van der Waals surface area (Å²) in [5.41, 5.74) is 1.01. The van der Waals surface area contributed by atoms with E-state index < -0.39 is 0 Å². The third kappa shape index (κ3) is 4.58. The van der Waals surface area contributed by atoms with Gasteiger partial charge in [-0.2, -0.15) is 0 Å². The molecule has 4 nitrogen and oxygen atoms in total. The van der Waals surface area contributed by atoms with Gasteiger partial charge in [-0.1, -0.05) is 19.3 Å². The summed E-state index contributed by atoms with van der Waals surface area (Å²) in [7, 11) is 0. The largest absolute Gasteiger partial charge is 0.308 e. The van der Waals surface area contributed by atoms with E-state index in [-0.39, 0.29) is 5.91 Å². The zero-order valence-electron chi connectivity index (χ0n) is 11.7. The third-order valence-corrected chi connectivity index (χ3v) is 4.60. The van der Waals surface area contributed by atoms with Gasteiger partial charge in [0.05, 0.1) is 5.69 Å². The monoisotopic (exact) mass is 281 g/mol. The molecular weight excluding hydrogens is 258 g/mol. The molecule has 1 aromatic rings. The lowest BCUT2D eigenvalue weighted by Crippen LogP contribution is -2.34. The first-order valence-electron chi connectivity index (χ1n) is 7.10. The number of nitrogens with one attached hydrogen (secondary N) is 2. The fourth-order valence-electron chi connectivity index (χ4n) is 2.66. The topological polar surface area (TPSA) is 54.0 Å². The molecule has 19 heavy (non-hydrogen) atoms. The molecule has 1 amide bonds. The van der Waals surface area contributed by atoms with Crippen LogP contribution in [0.4, 0.5) is 5.13 Å². The van der Waals surface area contributed by atoms with Crippen molar-refractivity contribution >= 4 is 22.4 Å². The van der Waals surface area contributed by atoms with Gasteiger partial charge in [0, 0.05) is 24.9 Å². The Hall–Kier alpha value is -0.940. The molecule has 1 aliphatic carbocycles. The van der Waals surface area contributed by atoms with Gasteiger partial charge in [0.2, 0.25) is 5.91 Å². The molecule has 0 saturated heterocycles. The van der Waals surface area contributed by atoms with Gasteiger partial charge in [-0.25, -0.2) is 4.98 Å². The lowest BCUT2D eigenvalue weighted by molar-refractivity contribution is -0.114. The molecule has 0 radical (unpaired) electrons. The maximum atomic E-state index is 10.9. The van der Waals surface area contributed by atoms with E-state index in [1.807, 2.05) is 5.38 Å². The van der Waals surface area contributed by atoms with E-state index in [9.17, 15) is 4.79 Å². The van der Waals surface area contributed by atoms with E-state index in [2.05, 4.69) is 22.5 Å². The Morgan fingerprint density at radius 2 is 2.21 bits per heavy atom. The summed E-state index contributed by atoms with van der Waals surface area (Å²) in [6.45, 7) is 4.56. The zero-order chi connectivity index (χ0) is 13.7. The Kier molecular flexibility index (Phi) is 5.34. The quantitative estimate of drug-likeness (QED) is 0.871. The van der Waals surface area contributed by atoms with E-state index in [4.69, 9.17) is 0 Å². The van der Waals surface area contributed by atoms with Crippen LogP contribution in [0.3, 0.4) is 0 Å². The second kappa shape index (κ2) is 7.01. The van der Waals surface area contributed by atoms with Crippen molar-refractivity contribution in [1.82, 2.24) is 10.3 Å². The van der Waals surface area contributed by atoms with Gasteiger partial charge >= 0.3 is 0 Å². The van der Waals surface area contributed by atoms with Crippen LogP contribution in [-0.4, -0.2) is 16.9 Å². The Balaban J connectivity index is 1.77. The first-order chi connectivity index (χ1) is 9.15. The molecule has 1 fully saturated rings. The number of hydrogen-bond acceptors (Lipinski definition) is 4. The first kappa shape index (κ1) is 14.5. The van der Waals surface area contributed by atoms with E-state index in [0.717, 1.165) is 18.2 Å². The maximum Gasteiger partial charge on any atom is 0.223 e. The normalized spacial score (nSPS) is 18.2. The van der Waals surface area contributed by atoms with Crippen LogP contribution in [0.1, 0.15) is 51.6 Å². The molecule has 2 rings (SSSR count). The van der Waals surface area contributed by atoms with Crippen LogP contribution < -0.4 is 10.6 Å². The molecule has 1 aromatic heterocycles. The summed E-state index contributed by atoms with van der Waals surface area (Å²) in [6, 6.07) is 0.547. The standard InChI is InChI=1S/C14H23N3OS/c1-10(12-6-4-3-5-7-12)15-8-13-9-19-14(17-13)16-11(2)18/h9-10,12,15H,3-8H2,1-2H3,(H,16,17,18). The van der Waals surface area contributed by atoms with Crippen molar-refractivity contribution in [2.75, 3.05) is 5.32 Å². The van der Waals surface area contributed by atoms with E-state index >= 15 is 0 Å². The number of carbonyl (C=O) groups excluding carboxylic acids is 1. The predicted octanol–water partition coefficient (Wildman–Crippen LogP) is 3.16. The van der Waals surface area contributed by atoms with Gasteiger partial charge in [-0.15, -0.1) is 11.3 Å². The highest BCUT2D eigenvalue weighted by atomic mass is 32.1. The van der Waals surface area contributed by atoms with Gasteiger partial charge in [0.25, 0.3) is 0 Å². The second-order valence-corrected chi connectivity index (χ2v) is 6.25. The Labute approximate surface area is 119 Å². The lowest BCUT2D eigenvalue weighted by Gasteiger charge is -2.28. The summed E-state index contributed by atoms with van der Waals surface area (Å²) in [5, 5.41) is 8.98. The molecule has 106 valence electrons. The Morgan fingerprint density at radius 3 is 2.89 bits per heavy atom. The molecule has 1 saturated carbocycles. The van der Waals surface area contributed by atoms with Crippen LogP contribution in [0.5, 0.6) is 0 Å². The summed E-state index contributed by atoms with van der Waals surface area (Å²) in [4.78, 5) is 15.3. The van der Waals surface area contributed by atoms with Gasteiger partial charge in [-0.05, 0) is 25.7 Å². The number of aromatic nitrogens is 1. The fourth-order valence-corrected chi connectivity index (χ4v) is 3.42. The molecule has 0 spiro atoms. The summed E-state index contributed by atoms with van der Waals surface area (Å²) in [6.07, 6.45) is 6.85. The minimum Gasteiger partial charge on any atom is -0.308 e. The average molecular weight is 281 g/mol. The van der Waals surface area contributed by atoms with E-state index in [1.165, 1.54) is 50.4 Å². The number of amides is 1. The number of hydrogen-bond donors (Lipinski definition) is 2. The minimum atomic E-state index is -0.0653. The highest BCUT2D eigenvalue weighted by Crippen LogP contribution is 2.26. The van der Waals surface area contributed by atoms with Crippen LogP contribution in [-0.2, 0) is 11.3 Å². The minimum absolute atomic E-state index is 0.0653. The van der Waals surface area contributed by atoms with Gasteiger partial charge in [0.1, 0.15) is 0 Å². The summed E-state index contributed by atoms with van der Waals surface area (Å²) >= 11 is 1.48. The van der Waals surface area contributed by atoms with Crippen molar-refractivity contribution < 1.29 is 4.79 Å². The number of rotatable bonds is 5. The molecule has 1 atom stereocenters. The lowest BCUT2D eigenvalue weighted by atomic mass is 9.84. The summed E-state index contributed by atoms with van der Waals surface area (Å²) in [5.74, 6) is 0.742. The van der Waals surface area contributed by atoms with Crippen LogP contribution in [0.2, 0.25) is 0 Å². The molecule has 1 heterocycles. The van der Waals surface area contributed by atoms with Crippen molar-refractivity contribution in [2.24, 2.45) is 5.92 Å². The van der Waals surface area contributed by atoms with Crippen molar-refractivity contribution in [3.05, 3.63) is 11.1 Å². The molecule has 5 heteroatoms. The molecule has 1 unspecified atom stereocenters. The van der Waals surface area contributed by atoms with Crippen LogP contribution in [0.15, 0.2) is 5.38 Å².